The summed E-state index contributed by atoms with van der Waals surface area (Å²) in [6.07, 6.45) is 19.5. The van der Waals surface area contributed by atoms with Crippen LogP contribution in [-0.2, 0) is 24.0 Å². The van der Waals surface area contributed by atoms with Crippen molar-refractivity contribution in [2.45, 2.75) is 94.6 Å². The molecule has 0 heterocycles. The second kappa shape index (κ2) is 25.1. The van der Waals surface area contributed by atoms with E-state index in [2.05, 4.69) is 29.7 Å². The summed E-state index contributed by atoms with van der Waals surface area (Å²) in [5.41, 5.74) is 5.43. The van der Waals surface area contributed by atoms with Crippen molar-refractivity contribution in [3.8, 4) is 0 Å². The average molecular weight is 626 g/mol. The highest BCUT2D eigenvalue weighted by Crippen LogP contribution is 2.22. The first-order chi connectivity index (χ1) is 20.5. The number of aliphatic hydroxyl groups is 1. The molecule has 0 aromatic carbocycles. The van der Waals surface area contributed by atoms with Crippen molar-refractivity contribution in [2.75, 3.05) is 12.3 Å². The molecule has 2 amide bonds. The van der Waals surface area contributed by atoms with Crippen LogP contribution in [0.3, 0.4) is 0 Å². The highest BCUT2D eigenvalue weighted by molar-refractivity contribution is 8.00. The molecule has 13 heteroatoms. The number of carboxylic acid groups (broad SMARTS) is 3. The van der Waals surface area contributed by atoms with E-state index in [1.807, 2.05) is 18.2 Å². The van der Waals surface area contributed by atoms with Gasteiger partial charge in [-0.2, -0.15) is 0 Å². The van der Waals surface area contributed by atoms with Gasteiger partial charge in [-0.3, -0.25) is 24.0 Å². The van der Waals surface area contributed by atoms with Gasteiger partial charge >= 0.3 is 17.9 Å². The fraction of sp³-hybridized carbons (Fsp3) is 0.567. The van der Waals surface area contributed by atoms with E-state index in [0.29, 0.717) is 0 Å². The molecule has 12 nitrogen and oxygen atoms in total. The number of rotatable bonds is 25. The Morgan fingerprint density at radius 1 is 0.860 bits per heavy atom. The fourth-order valence-corrected chi connectivity index (χ4v) is 4.75. The summed E-state index contributed by atoms with van der Waals surface area (Å²) >= 11 is 1.13. The van der Waals surface area contributed by atoms with Crippen LogP contribution in [0.15, 0.2) is 48.6 Å². The molecule has 0 fully saturated rings. The van der Waals surface area contributed by atoms with Gasteiger partial charge in [0.15, 0.2) is 0 Å². The monoisotopic (exact) mass is 625 g/mol. The van der Waals surface area contributed by atoms with Crippen LogP contribution in [0.25, 0.3) is 0 Å². The molecule has 0 aromatic rings. The van der Waals surface area contributed by atoms with Gasteiger partial charge in [0.25, 0.3) is 0 Å². The number of hydrogen-bond donors (Lipinski definition) is 7. The third-order valence-corrected chi connectivity index (χ3v) is 7.36. The first-order valence-electron chi connectivity index (χ1n) is 14.4. The summed E-state index contributed by atoms with van der Waals surface area (Å²) in [6, 6.07) is -2.45. The standard InChI is InChI=1S/C30H47N3O9S/c1-2-3-4-5-6-7-8-9-10-11-12-13-16-25(24(34)15-14-17-27(36)37)43-21-23(29(40)32-20-28(38)39)33-26(35)19-18-22(31)30(41)42/h6-7,9-13,16,22-25,34H,2-5,8,14-15,17-21,31H2,1H3,(H,32,40)(H,33,35)(H,36,37)(H,38,39)(H,41,42)/t22?,23?,24-,25+/m0/s1. The Labute approximate surface area is 257 Å². The minimum Gasteiger partial charge on any atom is -0.481 e. The van der Waals surface area contributed by atoms with Gasteiger partial charge in [0.05, 0.1) is 6.10 Å². The molecule has 0 saturated carbocycles. The van der Waals surface area contributed by atoms with E-state index in [1.165, 1.54) is 19.3 Å². The molecule has 0 saturated heterocycles. The van der Waals surface area contributed by atoms with E-state index in [4.69, 9.17) is 21.1 Å². The Bertz CT molecular complexity index is 982. The molecule has 0 bridgehead atoms. The summed E-state index contributed by atoms with van der Waals surface area (Å²) < 4.78 is 0. The van der Waals surface area contributed by atoms with E-state index in [1.54, 1.807) is 18.2 Å². The molecule has 0 rings (SSSR count). The molecular weight excluding hydrogens is 578 g/mol. The zero-order valence-corrected chi connectivity index (χ0v) is 25.5. The van der Waals surface area contributed by atoms with E-state index >= 15 is 0 Å². The van der Waals surface area contributed by atoms with Crippen LogP contribution in [0, 0.1) is 0 Å². The lowest BCUT2D eigenvalue weighted by Gasteiger charge is -2.23. The van der Waals surface area contributed by atoms with Crippen LogP contribution in [0.4, 0.5) is 0 Å². The summed E-state index contributed by atoms with van der Waals surface area (Å²) in [5, 5.41) is 41.6. The molecule has 0 aliphatic rings. The first kappa shape index (κ1) is 39.6. The summed E-state index contributed by atoms with van der Waals surface area (Å²) in [7, 11) is 0. The number of carboxylic acids is 3. The molecule has 0 radical (unpaired) electrons. The second-order valence-electron chi connectivity index (χ2n) is 9.77. The zero-order chi connectivity index (χ0) is 32.5. The van der Waals surface area contributed by atoms with Gasteiger partial charge in [-0.05, 0) is 38.5 Å². The number of unbranched alkanes of at least 4 members (excludes halogenated alkanes) is 3. The maximum absolute atomic E-state index is 12.6. The van der Waals surface area contributed by atoms with E-state index in [0.717, 1.165) is 24.6 Å². The van der Waals surface area contributed by atoms with Gasteiger partial charge in [0, 0.05) is 23.8 Å². The predicted octanol–water partition coefficient (Wildman–Crippen LogP) is 2.78. The SMILES string of the molecule is CCCCCC=CCC=CC=CC=C[C@@H](SCC(NC(=O)CCC(N)C(=O)O)C(=O)NCC(=O)O)[C@@H](O)CCCC(=O)O. The number of carbonyl (C=O) groups is 5. The van der Waals surface area contributed by atoms with Gasteiger partial charge in [0.2, 0.25) is 11.8 Å². The van der Waals surface area contributed by atoms with E-state index < -0.39 is 59.7 Å². The molecule has 2 unspecified atom stereocenters. The first-order valence-corrected chi connectivity index (χ1v) is 15.5. The van der Waals surface area contributed by atoms with Gasteiger partial charge in [-0.25, -0.2) is 0 Å². The number of aliphatic hydroxyl groups excluding tert-OH is 1. The van der Waals surface area contributed by atoms with Crippen LogP contribution in [0.1, 0.15) is 71.1 Å². The van der Waals surface area contributed by atoms with Crippen molar-refractivity contribution in [2.24, 2.45) is 5.73 Å². The van der Waals surface area contributed by atoms with Gasteiger partial charge in [-0.15, -0.1) is 11.8 Å². The number of amides is 2. The number of hydrogen-bond acceptors (Lipinski definition) is 8. The molecule has 8 N–H and O–H groups in total. The lowest BCUT2D eigenvalue weighted by Crippen LogP contribution is -2.50. The molecule has 0 spiro atoms. The predicted molar refractivity (Wildman–Crippen MR) is 166 cm³/mol. The Hall–Kier alpha value is -3.42. The Balaban J connectivity index is 5.38. The minimum atomic E-state index is -1.28. The smallest absolute Gasteiger partial charge is 0.322 e. The van der Waals surface area contributed by atoms with Crippen molar-refractivity contribution < 1.29 is 44.4 Å². The molecule has 0 aliphatic heterocycles. The Morgan fingerprint density at radius 3 is 2.23 bits per heavy atom. The van der Waals surface area contributed by atoms with Crippen LogP contribution in [-0.4, -0.2) is 85.9 Å². The molecule has 43 heavy (non-hydrogen) atoms. The maximum Gasteiger partial charge on any atom is 0.322 e. The molecule has 0 aliphatic carbocycles. The third-order valence-electron chi connectivity index (χ3n) is 5.97. The Kier molecular flexibility index (Phi) is 23.1. The van der Waals surface area contributed by atoms with Crippen molar-refractivity contribution in [3.63, 3.8) is 0 Å². The van der Waals surface area contributed by atoms with Crippen LogP contribution in [0.5, 0.6) is 0 Å². The normalized spacial score (nSPS) is 14.7. The summed E-state index contributed by atoms with van der Waals surface area (Å²) in [4.78, 5) is 57.8. The zero-order valence-electron chi connectivity index (χ0n) is 24.7. The van der Waals surface area contributed by atoms with Gasteiger partial charge in [0.1, 0.15) is 18.6 Å². The largest absolute Gasteiger partial charge is 0.481 e. The molecule has 0 aromatic heterocycles. The number of nitrogens with two attached hydrogens (primary N) is 1. The van der Waals surface area contributed by atoms with Crippen LogP contribution < -0.4 is 16.4 Å². The number of carbonyl (C=O) groups excluding carboxylic acids is 2. The Morgan fingerprint density at radius 2 is 1.58 bits per heavy atom. The number of allylic oxidation sites excluding steroid dienone is 7. The minimum absolute atomic E-state index is 0.0542. The lowest BCUT2D eigenvalue weighted by atomic mass is 10.1. The average Bonchev–Trinajstić information content (AvgIpc) is 2.95. The number of nitrogens with one attached hydrogen (secondary N) is 2. The van der Waals surface area contributed by atoms with Crippen LogP contribution >= 0.6 is 11.8 Å². The number of aliphatic carboxylic acids is 3. The highest BCUT2D eigenvalue weighted by atomic mass is 32.2. The lowest BCUT2D eigenvalue weighted by molar-refractivity contribution is -0.139. The summed E-state index contributed by atoms with van der Waals surface area (Å²) in [5.74, 6) is -5.01. The summed E-state index contributed by atoms with van der Waals surface area (Å²) in [6.45, 7) is 1.49. The number of thioether (sulfide) groups is 1. The highest BCUT2D eigenvalue weighted by Gasteiger charge is 2.25. The van der Waals surface area contributed by atoms with E-state index in [9.17, 15) is 29.1 Å². The maximum atomic E-state index is 12.6. The fourth-order valence-electron chi connectivity index (χ4n) is 3.54. The van der Waals surface area contributed by atoms with Gasteiger partial charge < -0.3 is 36.8 Å². The van der Waals surface area contributed by atoms with Gasteiger partial charge in [-0.1, -0.05) is 68.4 Å². The van der Waals surface area contributed by atoms with E-state index in [-0.39, 0.29) is 37.9 Å². The topological polar surface area (TPSA) is 216 Å². The second-order valence-corrected chi connectivity index (χ2v) is 11.0. The van der Waals surface area contributed by atoms with Crippen molar-refractivity contribution in [1.82, 2.24) is 10.6 Å². The molecule has 242 valence electrons. The quantitative estimate of drug-likeness (QED) is 0.0444. The van der Waals surface area contributed by atoms with Crippen molar-refractivity contribution in [1.29, 1.82) is 0 Å². The third kappa shape index (κ3) is 22.8. The van der Waals surface area contributed by atoms with Crippen molar-refractivity contribution in [3.05, 3.63) is 48.6 Å². The van der Waals surface area contributed by atoms with Crippen molar-refractivity contribution >= 4 is 41.5 Å². The molecular formula is C30H47N3O9S. The molecule has 4 atom stereocenters. The van der Waals surface area contributed by atoms with Crippen LogP contribution in [0.2, 0.25) is 0 Å².